The number of nitrogens with zero attached hydrogens (tertiary/aromatic N) is 5. The van der Waals surface area contributed by atoms with E-state index in [9.17, 15) is 18.8 Å². The Balaban J connectivity index is 1.45. The van der Waals surface area contributed by atoms with E-state index >= 15 is 0 Å². The zero-order valence-electron chi connectivity index (χ0n) is 24.3. The van der Waals surface area contributed by atoms with E-state index in [4.69, 9.17) is 11.6 Å². The number of carbonyl (C=O) groups excluding carboxylic acids is 2. The van der Waals surface area contributed by atoms with Gasteiger partial charge in [-0.15, -0.1) is 0 Å². The molecule has 1 atom stereocenters. The summed E-state index contributed by atoms with van der Waals surface area (Å²) in [6.45, 7) is 6.47. The van der Waals surface area contributed by atoms with Gasteiger partial charge < -0.3 is 10.2 Å². The number of carbonyl (C=O) groups is 2. The fourth-order valence-electron chi connectivity index (χ4n) is 5.72. The van der Waals surface area contributed by atoms with Crippen LogP contribution in [0.4, 0.5) is 4.39 Å². The molecule has 5 aromatic rings. The predicted molar refractivity (Wildman–Crippen MR) is 170 cm³/mol. The number of halogens is 3. The summed E-state index contributed by atoms with van der Waals surface area (Å²) in [5.41, 5.74) is 2.97. The molecule has 0 spiro atoms. The summed E-state index contributed by atoms with van der Waals surface area (Å²) in [6, 6.07) is 14.8. The minimum atomic E-state index is -0.596. The van der Waals surface area contributed by atoms with Gasteiger partial charge in [0.05, 0.1) is 29.6 Å². The lowest BCUT2D eigenvalue weighted by atomic mass is 10.1. The molecule has 9 nitrogen and oxygen atoms in total. The molecule has 0 unspecified atom stereocenters. The molecule has 1 aliphatic rings. The first-order valence-electron chi connectivity index (χ1n) is 14.2. The molecule has 1 N–H and O–H groups in total. The molecule has 226 valence electrons. The number of aromatic nitrogens is 4. The molecule has 0 bridgehead atoms. The first-order valence-corrected chi connectivity index (χ1v) is 15.3. The Morgan fingerprint density at radius 2 is 1.95 bits per heavy atom. The largest absolute Gasteiger partial charge is 0.346 e. The zero-order chi connectivity index (χ0) is 31.3. The summed E-state index contributed by atoms with van der Waals surface area (Å²) < 4.78 is 20.2. The highest BCUT2D eigenvalue weighted by Crippen LogP contribution is 2.27. The summed E-state index contributed by atoms with van der Waals surface area (Å²) in [5.74, 6) is -1.36. The second kappa shape index (κ2) is 11.7. The molecule has 2 aromatic heterocycles. The van der Waals surface area contributed by atoms with Crippen molar-refractivity contribution in [2.45, 2.75) is 53.0 Å². The topological polar surface area (TPSA) is 94.2 Å². The van der Waals surface area contributed by atoms with Gasteiger partial charge in [0.25, 0.3) is 11.8 Å². The van der Waals surface area contributed by atoms with Crippen LogP contribution in [0.5, 0.6) is 0 Å². The molecule has 12 heteroatoms. The highest BCUT2D eigenvalue weighted by atomic mass is 79.9. The fraction of sp³-hybridized carbons (Fsp3) is 0.250. The number of hydrogen-bond donors (Lipinski definition) is 1. The minimum Gasteiger partial charge on any atom is -0.346 e. The first-order chi connectivity index (χ1) is 21.1. The van der Waals surface area contributed by atoms with Crippen LogP contribution in [0.1, 0.15) is 51.5 Å². The molecule has 3 heterocycles. The number of aryl methyl sites for hydroxylation is 2. The number of nitrogens with one attached hydrogen (secondary N) is 1. The summed E-state index contributed by atoms with van der Waals surface area (Å²) in [6.07, 6.45) is 1.71. The Labute approximate surface area is 266 Å². The quantitative estimate of drug-likeness (QED) is 0.244. The van der Waals surface area contributed by atoms with Gasteiger partial charge in [-0.1, -0.05) is 33.6 Å². The van der Waals surface area contributed by atoms with Crippen molar-refractivity contribution in [3.8, 4) is 5.69 Å². The Morgan fingerprint density at radius 1 is 1.16 bits per heavy atom. The Morgan fingerprint density at radius 3 is 2.68 bits per heavy atom. The van der Waals surface area contributed by atoms with E-state index in [0.717, 1.165) is 20.9 Å². The van der Waals surface area contributed by atoms with Crippen molar-refractivity contribution in [3.63, 3.8) is 0 Å². The molecule has 0 aliphatic carbocycles. The summed E-state index contributed by atoms with van der Waals surface area (Å²) >= 11 is 9.70. The third kappa shape index (κ3) is 5.13. The van der Waals surface area contributed by atoms with Gasteiger partial charge in [-0.2, -0.15) is 5.10 Å². The van der Waals surface area contributed by atoms with Gasteiger partial charge in [-0.3, -0.25) is 23.4 Å². The number of imidazole rings is 1. The van der Waals surface area contributed by atoms with Crippen molar-refractivity contribution in [1.82, 2.24) is 29.1 Å². The molecule has 0 radical (unpaired) electrons. The van der Waals surface area contributed by atoms with E-state index in [2.05, 4.69) is 26.3 Å². The van der Waals surface area contributed by atoms with E-state index < -0.39 is 17.4 Å². The Kier molecular flexibility index (Phi) is 7.93. The van der Waals surface area contributed by atoms with Crippen molar-refractivity contribution in [2.24, 2.45) is 0 Å². The Hall–Kier alpha value is -4.22. The van der Waals surface area contributed by atoms with Crippen molar-refractivity contribution in [3.05, 3.63) is 115 Å². The second-order valence-electron chi connectivity index (χ2n) is 10.9. The number of fused-ring (bicyclic) bond motifs is 2. The average molecular weight is 680 g/mol. The normalized spacial score (nSPS) is 14.6. The predicted octanol–water partition coefficient (Wildman–Crippen LogP) is 5.85. The molecular weight excluding hydrogens is 651 g/mol. The summed E-state index contributed by atoms with van der Waals surface area (Å²) in [7, 11) is 0. The third-order valence-electron chi connectivity index (χ3n) is 8.10. The molecule has 0 saturated heterocycles. The van der Waals surface area contributed by atoms with Gasteiger partial charge in [0, 0.05) is 51.7 Å². The van der Waals surface area contributed by atoms with Crippen LogP contribution in [0.25, 0.3) is 16.6 Å². The highest BCUT2D eigenvalue weighted by Gasteiger charge is 2.35. The molecule has 0 fully saturated rings. The van der Waals surface area contributed by atoms with Crippen LogP contribution in [-0.2, 0) is 26.2 Å². The average Bonchev–Trinajstić information content (AvgIpc) is 3.54. The van der Waals surface area contributed by atoms with Crippen LogP contribution >= 0.6 is 27.5 Å². The van der Waals surface area contributed by atoms with Crippen LogP contribution in [0.15, 0.2) is 70.1 Å². The molecule has 2 amide bonds. The van der Waals surface area contributed by atoms with Gasteiger partial charge in [0.2, 0.25) is 0 Å². The lowest BCUT2D eigenvalue weighted by Gasteiger charge is -2.34. The summed E-state index contributed by atoms with van der Waals surface area (Å²) in [5, 5.41) is 8.14. The standard InChI is InChI=1S/C32H29BrClFN6O3/c1-4-40-27-11-9-22(13-21(27)14-37-40)41-29(30(42)36-15-23-25(34)6-5-7-26(23)35)28-17-38(19(3)16-39(28)32(41)44)31(43)20-8-10-24(33)18(2)12-20/h5-14,19H,4,15-17H2,1-3H3,(H,36,42)/t19-/m1/s1. The zero-order valence-corrected chi connectivity index (χ0v) is 26.6. The van der Waals surface area contributed by atoms with E-state index in [1.54, 1.807) is 33.9 Å². The van der Waals surface area contributed by atoms with Gasteiger partial charge in [0.1, 0.15) is 11.5 Å². The van der Waals surface area contributed by atoms with Crippen molar-refractivity contribution in [1.29, 1.82) is 0 Å². The molecule has 1 aliphatic heterocycles. The van der Waals surface area contributed by atoms with Gasteiger partial charge in [-0.05, 0) is 74.9 Å². The lowest BCUT2D eigenvalue weighted by Crippen LogP contribution is -2.47. The number of amides is 2. The van der Waals surface area contributed by atoms with E-state index in [1.165, 1.54) is 16.7 Å². The van der Waals surface area contributed by atoms with Crippen LogP contribution in [0.2, 0.25) is 5.02 Å². The van der Waals surface area contributed by atoms with Crippen molar-refractivity contribution >= 4 is 50.2 Å². The third-order valence-corrected chi connectivity index (χ3v) is 9.34. The minimum absolute atomic E-state index is 0.0244. The monoisotopic (exact) mass is 678 g/mol. The number of hydrogen-bond acceptors (Lipinski definition) is 4. The lowest BCUT2D eigenvalue weighted by molar-refractivity contribution is 0.0610. The molecular formula is C32H29BrClFN6O3. The molecule has 6 rings (SSSR count). The maximum absolute atomic E-state index is 14.6. The van der Waals surface area contributed by atoms with Crippen LogP contribution < -0.4 is 11.0 Å². The van der Waals surface area contributed by atoms with E-state index in [0.29, 0.717) is 23.5 Å². The van der Waals surface area contributed by atoms with E-state index in [1.807, 2.05) is 49.7 Å². The second-order valence-corrected chi connectivity index (χ2v) is 12.1. The fourth-order valence-corrected chi connectivity index (χ4v) is 6.20. The maximum Gasteiger partial charge on any atom is 0.333 e. The van der Waals surface area contributed by atoms with Crippen molar-refractivity contribution < 1.29 is 14.0 Å². The molecule has 44 heavy (non-hydrogen) atoms. The van der Waals surface area contributed by atoms with Crippen molar-refractivity contribution in [2.75, 3.05) is 0 Å². The van der Waals surface area contributed by atoms with Crippen LogP contribution in [0, 0.1) is 12.7 Å². The summed E-state index contributed by atoms with van der Waals surface area (Å²) in [4.78, 5) is 43.4. The molecule has 0 saturated carbocycles. The van der Waals surface area contributed by atoms with Gasteiger partial charge in [-0.25, -0.2) is 9.18 Å². The molecule has 3 aromatic carbocycles. The SMILES string of the molecule is CCn1ncc2cc(-n3c(C(=O)NCc4c(F)cccc4Cl)c4n(c3=O)C[C@@H](C)N(C(=O)c3ccc(Br)c(C)c3)C4)ccc21. The maximum atomic E-state index is 14.6. The van der Waals surface area contributed by atoms with Gasteiger partial charge >= 0.3 is 5.69 Å². The van der Waals surface area contributed by atoms with Crippen LogP contribution in [-0.4, -0.2) is 41.7 Å². The van der Waals surface area contributed by atoms with E-state index in [-0.39, 0.29) is 47.9 Å². The first kappa shape index (κ1) is 29.8. The Bertz CT molecular complexity index is 1990. The highest BCUT2D eigenvalue weighted by molar-refractivity contribution is 9.10. The number of benzene rings is 3. The number of rotatable bonds is 6. The smallest absolute Gasteiger partial charge is 0.333 e. The van der Waals surface area contributed by atoms with Crippen LogP contribution in [0.3, 0.4) is 0 Å². The van der Waals surface area contributed by atoms with Gasteiger partial charge in [0.15, 0.2) is 0 Å².